The monoisotopic (exact) mass is 552 g/mol. The van der Waals surface area contributed by atoms with Gasteiger partial charge in [-0.05, 0) is 42.4 Å². The molecule has 1 aliphatic rings. The zero-order valence-corrected chi connectivity index (χ0v) is 23.4. The highest BCUT2D eigenvalue weighted by atomic mass is 32.2. The Labute approximate surface area is 225 Å². The van der Waals surface area contributed by atoms with Gasteiger partial charge in [0, 0.05) is 46.4 Å². The number of rotatable bonds is 12. The second kappa shape index (κ2) is 13.2. The molecule has 1 unspecified atom stereocenters. The maximum atomic E-state index is 14.4. The van der Waals surface area contributed by atoms with Crippen LogP contribution in [0.15, 0.2) is 18.3 Å². The van der Waals surface area contributed by atoms with E-state index < -0.39 is 37.8 Å². The summed E-state index contributed by atoms with van der Waals surface area (Å²) in [6, 6.07) is 4.69. The Hall–Kier alpha value is -2.66. The van der Waals surface area contributed by atoms with E-state index in [1.165, 1.54) is 45.1 Å². The van der Waals surface area contributed by atoms with Crippen molar-refractivity contribution in [2.45, 2.75) is 48.9 Å². The molecule has 1 aliphatic heterocycles. The molecule has 2 heterocycles. The molecule has 13 heteroatoms. The number of methoxy groups -OCH3 is 3. The molecule has 11 nitrogen and oxygen atoms in total. The van der Waals surface area contributed by atoms with Crippen LogP contribution in [0.2, 0.25) is 0 Å². The molecule has 37 heavy (non-hydrogen) atoms. The fraction of sp³-hybridized carbons (Fsp3) is 0.583. The standard InChI is InChI=1S/C24H32N4O7S2/c1-7-17(16-9-10-18(35-6)26-13-16)28-21(31)23(2,36-19(29)14-33-4)27(3)22(32)24(28,11-8-12-25)37-20(30)15-34-5/h9-10,13,17H,7-8,11,14-15H2,1-6H3/t17?,23-,24-/m0/s1. The third-order valence-corrected chi connectivity index (χ3v) is 8.48. The van der Waals surface area contributed by atoms with Crippen molar-refractivity contribution in [2.24, 2.45) is 0 Å². The minimum Gasteiger partial charge on any atom is -0.481 e. The SMILES string of the molecule is CCC(c1ccc(OC)nc1)N1C(=O)[C@](C)(SC(=O)COC)N(C)C(=O)[C@]1(CCC#N)SC(=O)COC. The molecule has 1 fully saturated rings. The number of aromatic nitrogens is 1. The molecular formula is C24H32N4O7S2. The number of ether oxygens (including phenoxy) is 3. The quantitative estimate of drug-likeness (QED) is 0.377. The molecule has 2 rings (SSSR count). The topological polar surface area (TPSA) is 139 Å². The van der Waals surface area contributed by atoms with Crippen LogP contribution in [0.4, 0.5) is 0 Å². The van der Waals surface area contributed by atoms with E-state index in [-0.39, 0.29) is 26.1 Å². The van der Waals surface area contributed by atoms with Gasteiger partial charge in [0.2, 0.25) is 16.1 Å². The molecule has 3 atom stereocenters. The summed E-state index contributed by atoms with van der Waals surface area (Å²) in [4.78, 5) is 57.5. The van der Waals surface area contributed by atoms with Gasteiger partial charge in [-0.25, -0.2) is 4.98 Å². The summed E-state index contributed by atoms with van der Waals surface area (Å²) >= 11 is 1.35. The molecule has 1 aromatic rings. The molecule has 1 saturated heterocycles. The van der Waals surface area contributed by atoms with Crippen molar-refractivity contribution in [2.75, 3.05) is 41.6 Å². The van der Waals surface area contributed by atoms with Gasteiger partial charge in [-0.15, -0.1) is 0 Å². The van der Waals surface area contributed by atoms with Crippen molar-refractivity contribution in [1.29, 1.82) is 5.26 Å². The highest BCUT2D eigenvalue weighted by Gasteiger charge is 2.63. The smallest absolute Gasteiger partial charge is 0.261 e. The zero-order valence-electron chi connectivity index (χ0n) is 21.8. The second-order valence-corrected chi connectivity index (χ2v) is 11.1. The number of amides is 2. The van der Waals surface area contributed by atoms with Crippen LogP contribution >= 0.6 is 23.5 Å². The number of carbonyl (C=O) groups is 4. The van der Waals surface area contributed by atoms with Gasteiger partial charge < -0.3 is 24.0 Å². The van der Waals surface area contributed by atoms with E-state index in [1.54, 1.807) is 18.3 Å². The van der Waals surface area contributed by atoms with Crippen LogP contribution < -0.4 is 4.74 Å². The third-order valence-electron chi connectivity index (χ3n) is 6.03. The van der Waals surface area contributed by atoms with Gasteiger partial charge in [0.15, 0.2) is 9.74 Å². The Bertz CT molecular complexity index is 1050. The van der Waals surface area contributed by atoms with Gasteiger partial charge in [-0.3, -0.25) is 19.2 Å². The average Bonchev–Trinajstić information content (AvgIpc) is 2.88. The lowest BCUT2D eigenvalue weighted by atomic mass is 9.94. The number of pyridine rings is 1. The van der Waals surface area contributed by atoms with Crippen LogP contribution in [-0.4, -0.2) is 88.2 Å². The molecule has 0 spiro atoms. The first kappa shape index (κ1) is 30.6. The highest BCUT2D eigenvalue weighted by molar-refractivity contribution is 8.16. The van der Waals surface area contributed by atoms with Crippen LogP contribution in [0, 0.1) is 11.3 Å². The normalized spacial score (nSPS) is 22.5. The Morgan fingerprint density at radius 2 is 1.73 bits per heavy atom. The fourth-order valence-electron chi connectivity index (χ4n) is 4.17. The number of nitrogens with zero attached hydrogens (tertiary/aromatic N) is 4. The first-order valence-corrected chi connectivity index (χ1v) is 13.1. The molecule has 0 bridgehead atoms. The summed E-state index contributed by atoms with van der Waals surface area (Å²) in [5, 5.41) is 8.50. The first-order chi connectivity index (χ1) is 17.6. The average molecular weight is 553 g/mol. The first-order valence-electron chi connectivity index (χ1n) is 11.5. The summed E-state index contributed by atoms with van der Waals surface area (Å²) in [6.07, 6.45) is 1.70. The van der Waals surface area contributed by atoms with Crippen LogP contribution in [0.3, 0.4) is 0 Å². The number of nitriles is 1. The summed E-state index contributed by atoms with van der Waals surface area (Å²) < 4.78 is 15.1. The Morgan fingerprint density at radius 1 is 1.11 bits per heavy atom. The largest absolute Gasteiger partial charge is 0.481 e. The van der Waals surface area contributed by atoms with E-state index in [0.29, 0.717) is 41.4 Å². The Balaban J connectivity index is 2.78. The van der Waals surface area contributed by atoms with Crippen molar-refractivity contribution in [3.8, 4) is 11.9 Å². The molecule has 0 saturated carbocycles. The number of hydrogen-bond acceptors (Lipinski definition) is 11. The molecule has 1 aromatic heterocycles. The summed E-state index contributed by atoms with van der Waals surface area (Å²) in [5.41, 5.74) is 0.602. The molecule has 2 amide bonds. The van der Waals surface area contributed by atoms with Crippen molar-refractivity contribution < 1.29 is 33.4 Å². The van der Waals surface area contributed by atoms with Gasteiger partial charge in [0.1, 0.15) is 13.2 Å². The minimum absolute atomic E-state index is 0.0968. The Morgan fingerprint density at radius 3 is 2.22 bits per heavy atom. The molecule has 0 aliphatic carbocycles. The predicted octanol–water partition coefficient (Wildman–Crippen LogP) is 2.37. The van der Waals surface area contributed by atoms with Crippen LogP contribution in [0.5, 0.6) is 5.88 Å². The molecule has 0 radical (unpaired) electrons. The van der Waals surface area contributed by atoms with E-state index in [9.17, 15) is 24.4 Å². The van der Waals surface area contributed by atoms with Crippen LogP contribution in [-0.2, 0) is 28.7 Å². The summed E-state index contributed by atoms with van der Waals surface area (Å²) in [7, 11) is 5.61. The molecule has 0 aromatic carbocycles. The number of likely N-dealkylation sites (N-methyl/N-ethyl adjacent to an activating group) is 1. The van der Waals surface area contributed by atoms with E-state index >= 15 is 0 Å². The van der Waals surface area contributed by atoms with E-state index in [4.69, 9.17) is 14.2 Å². The van der Waals surface area contributed by atoms with Gasteiger partial charge in [-0.2, -0.15) is 5.26 Å². The maximum Gasteiger partial charge on any atom is 0.261 e. The van der Waals surface area contributed by atoms with Gasteiger partial charge in [-0.1, -0.05) is 13.0 Å². The van der Waals surface area contributed by atoms with Gasteiger partial charge >= 0.3 is 0 Å². The lowest BCUT2D eigenvalue weighted by Crippen LogP contribution is -2.73. The maximum absolute atomic E-state index is 14.4. The molecule has 0 N–H and O–H groups in total. The predicted molar refractivity (Wildman–Crippen MR) is 138 cm³/mol. The van der Waals surface area contributed by atoms with Crippen LogP contribution in [0.1, 0.15) is 44.7 Å². The van der Waals surface area contributed by atoms with E-state index in [1.807, 2.05) is 13.0 Å². The lowest BCUT2D eigenvalue weighted by Gasteiger charge is -2.56. The zero-order chi connectivity index (χ0) is 27.8. The number of piperazine rings is 1. The molecular weight excluding hydrogens is 520 g/mol. The number of hydrogen-bond donors (Lipinski definition) is 0. The minimum atomic E-state index is -1.75. The highest BCUT2D eigenvalue weighted by Crippen LogP contribution is 2.50. The fourth-order valence-corrected chi connectivity index (χ4v) is 6.49. The number of carbonyl (C=O) groups excluding carboxylic acids is 4. The summed E-state index contributed by atoms with van der Waals surface area (Å²) in [5.74, 6) is -0.760. The lowest BCUT2D eigenvalue weighted by molar-refractivity contribution is -0.168. The number of thioether (sulfide) groups is 2. The second-order valence-electron chi connectivity index (χ2n) is 8.34. The van der Waals surface area contributed by atoms with Gasteiger partial charge in [0.05, 0.1) is 19.2 Å². The van der Waals surface area contributed by atoms with Crippen molar-refractivity contribution in [3.05, 3.63) is 23.9 Å². The summed E-state index contributed by atoms with van der Waals surface area (Å²) in [6.45, 7) is 2.78. The third kappa shape index (κ3) is 6.26. The van der Waals surface area contributed by atoms with Crippen LogP contribution in [0.25, 0.3) is 0 Å². The van der Waals surface area contributed by atoms with E-state index in [0.717, 1.165) is 0 Å². The Kier molecular flexibility index (Phi) is 10.9. The van der Waals surface area contributed by atoms with Crippen molar-refractivity contribution in [1.82, 2.24) is 14.8 Å². The van der Waals surface area contributed by atoms with E-state index in [2.05, 4.69) is 4.98 Å². The van der Waals surface area contributed by atoms with Crippen molar-refractivity contribution >= 4 is 45.6 Å². The van der Waals surface area contributed by atoms with Gasteiger partial charge in [0.25, 0.3) is 11.8 Å². The van der Waals surface area contributed by atoms with Crippen molar-refractivity contribution in [3.63, 3.8) is 0 Å². The molecule has 202 valence electrons.